The van der Waals surface area contributed by atoms with Crippen LogP contribution in [-0.2, 0) is 4.74 Å². The highest BCUT2D eigenvalue weighted by Crippen LogP contribution is 2.38. The van der Waals surface area contributed by atoms with Gasteiger partial charge in [-0.3, -0.25) is 9.69 Å². The minimum atomic E-state index is -1.14. The van der Waals surface area contributed by atoms with Gasteiger partial charge in [0.1, 0.15) is 11.6 Å². The second kappa shape index (κ2) is 10.1. The lowest BCUT2D eigenvalue weighted by Gasteiger charge is -2.43. The molecule has 2 aromatic carbocycles. The Morgan fingerprint density at radius 3 is 2.43 bits per heavy atom. The van der Waals surface area contributed by atoms with E-state index in [0.29, 0.717) is 17.4 Å². The van der Waals surface area contributed by atoms with E-state index in [-0.39, 0.29) is 25.0 Å². The summed E-state index contributed by atoms with van der Waals surface area (Å²) in [5, 5.41) is 14.6. The molecule has 0 saturated carbocycles. The molecule has 0 aromatic heterocycles. The standard InChI is InChI=1S/C25H29FN4O5/c26-18-3-1-16(2-4-18)24(31)28-23-17(12-27-25(32)33)13-35-22-6-5-19(11-21(22)23)29-7-9-30(10-8-29)20-14-34-15-20/h1-6,11,17,20,23,27H,7-10,12-15H2,(H,28,31)(H,32,33)/t17-,23-/m0/s1. The molecule has 2 aromatic rings. The van der Waals surface area contributed by atoms with Gasteiger partial charge in [0.2, 0.25) is 0 Å². The van der Waals surface area contributed by atoms with Crippen LogP contribution in [0.25, 0.3) is 0 Å². The third-order valence-corrected chi connectivity index (χ3v) is 6.98. The second-order valence-corrected chi connectivity index (χ2v) is 9.15. The van der Waals surface area contributed by atoms with Gasteiger partial charge in [0.05, 0.1) is 31.9 Å². The molecular weight excluding hydrogens is 455 g/mol. The van der Waals surface area contributed by atoms with E-state index in [1.165, 1.54) is 24.3 Å². The highest BCUT2D eigenvalue weighted by Gasteiger charge is 2.34. The SMILES string of the molecule is O=C(O)NC[C@H]1COc2ccc(N3CCN(C4COC4)CC3)cc2[C@H]1NC(=O)c1ccc(F)cc1. The molecule has 10 heteroatoms. The molecular formula is C25H29FN4O5. The zero-order valence-corrected chi connectivity index (χ0v) is 19.3. The fraction of sp³-hybridized carbons (Fsp3) is 0.440. The summed E-state index contributed by atoms with van der Waals surface area (Å²) < 4.78 is 24.6. The highest BCUT2D eigenvalue weighted by molar-refractivity contribution is 5.94. The maximum Gasteiger partial charge on any atom is 0.404 e. The summed E-state index contributed by atoms with van der Waals surface area (Å²) in [5.41, 5.74) is 2.16. The van der Waals surface area contributed by atoms with Gasteiger partial charge in [0.25, 0.3) is 5.91 Å². The molecule has 0 radical (unpaired) electrons. The molecule has 0 unspecified atom stereocenters. The third kappa shape index (κ3) is 5.18. The van der Waals surface area contributed by atoms with Crippen molar-refractivity contribution in [1.82, 2.24) is 15.5 Å². The third-order valence-electron chi connectivity index (χ3n) is 6.98. The molecule has 3 aliphatic rings. The van der Waals surface area contributed by atoms with Gasteiger partial charge in [0.15, 0.2) is 0 Å². The average Bonchev–Trinajstić information content (AvgIpc) is 2.83. The molecule has 2 fully saturated rings. The van der Waals surface area contributed by atoms with Gasteiger partial charge in [0, 0.05) is 55.5 Å². The Labute approximate surface area is 202 Å². The zero-order valence-electron chi connectivity index (χ0n) is 19.3. The van der Waals surface area contributed by atoms with E-state index in [4.69, 9.17) is 14.6 Å². The maximum absolute atomic E-state index is 13.3. The first-order valence-corrected chi connectivity index (χ1v) is 11.8. The van der Waals surface area contributed by atoms with Gasteiger partial charge in [-0.25, -0.2) is 9.18 Å². The number of fused-ring (bicyclic) bond motifs is 1. The first-order chi connectivity index (χ1) is 17.0. The number of hydrogen-bond donors (Lipinski definition) is 3. The van der Waals surface area contributed by atoms with Crippen LogP contribution < -0.4 is 20.3 Å². The van der Waals surface area contributed by atoms with Gasteiger partial charge in [-0.05, 0) is 42.5 Å². The minimum Gasteiger partial charge on any atom is -0.493 e. The summed E-state index contributed by atoms with van der Waals surface area (Å²) in [5.74, 6) is -0.426. The molecule has 2 amide bonds. The number of carbonyl (C=O) groups excluding carboxylic acids is 1. The molecule has 0 aliphatic carbocycles. The minimum absolute atomic E-state index is 0.121. The van der Waals surface area contributed by atoms with Crippen molar-refractivity contribution in [2.75, 3.05) is 57.4 Å². The molecule has 35 heavy (non-hydrogen) atoms. The Balaban J connectivity index is 1.37. The van der Waals surface area contributed by atoms with Crippen LogP contribution in [0, 0.1) is 11.7 Å². The van der Waals surface area contributed by atoms with Crippen molar-refractivity contribution in [2.45, 2.75) is 12.1 Å². The number of carbonyl (C=O) groups is 2. The van der Waals surface area contributed by atoms with Crippen LogP contribution in [0.2, 0.25) is 0 Å². The quantitative estimate of drug-likeness (QED) is 0.577. The van der Waals surface area contributed by atoms with Gasteiger partial charge >= 0.3 is 6.09 Å². The van der Waals surface area contributed by atoms with E-state index in [2.05, 4.69) is 20.4 Å². The van der Waals surface area contributed by atoms with Crippen molar-refractivity contribution in [2.24, 2.45) is 5.92 Å². The Morgan fingerprint density at radius 2 is 1.77 bits per heavy atom. The number of halogens is 1. The van der Waals surface area contributed by atoms with Gasteiger partial charge in [-0.2, -0.15) is 0 Å². The van der Waals surface area contributed by atoms with E-state index < -0.39 is 18.0 Å². The van der Waals surface area contributed by atoms with Crippen molar-refractivity contribution >= 4 is 17.7 Å². The predicted molar refractivity (Wildman–Crippen MR) is 126 cm³/mol. The number of benzene rings is 2. The number of nitrogens with one attached hydrogen (secondary N) is 2. The monoisotopic (exact) mass is 484 g/mol. The topological polar surface area (TPSA) is 103 Å². The number of carboxylic acid groups (broad SMARTS) is 1. The van der Waals surface area contributed by atoms with Crippen molar-refractivity contribution in [1.29, 1.82) is 0 Å². The number of amides is 2. The van der Waals surface area contributed by atoms with E-state index in [1.807, 2.05) is 18.2 Å². The highest BCUT2D eigenvalue weighted by atomic mass is 19.1. The fourth-order valence-corrected chi connectivity index (χ4v) is 4.85. The summed E-state index contributed by atoms with van der Waals surface area (Å²) in [6.45, 7) is 5.65. The summed E-state index contributed by atoms with van der Waals surface area (Å²) >= 11 is 0. The van der Waals surface area contributed by atoms with Crippen LogP contribution >= 0.6 is 0 Å². The lowest BCUT2D eigenvalue weighted by Crippen LogP contribution is -2.56. The Hall–Kier alpha value is -3.37. The van der Waals surface area contributed by atoms with E-state index in [9.17, 15) is 14.0 Å². The summed E-state index contributed by atoms with van der Waals surface area (Å²) in [7, 11) is 0. The number of rotatable bonds is 6. The van der Waals surface area contributed by atoms with Gasteiger partial charge < -0.3 is 30.1 Å². The van der Waals surface area contributed by atoms with Crippen LogP contribution in [0.5, 0.6) is 5.75 Å². The lowest BCUT2D eigenvalue weighted by molar-refractivity contribution is -0.0660. The van der Waals surface area contributed by atoms with E-state index in [1.54, 1.807) is 0 Å². The van der Waals surface area contributed by atoms with Crippen molar-refractivity contribution in [3.8, 4) is 5.75 Å². The molecule has 9 nitrogen and oxygen atoms in total. The maximum atomic E-state index is 13.3. The van der Waals surface area contributed by atoms with E-state index in [0.717, 1.165) is 50.6 Å². The van der Waals surface area contributed by atoms with Crippen LogP contribution in [0.3, 0.4) is 0 Å². The second-order valence-electron chi connectivity index (χ2n) is 9.15. The summed E-state index contributed by atoms with van der Waals surface area (Å²) in [6, 6.07) is 11.3. The Kier molecular flexibility index (Phi) is 6.74. The predicted octanol–water partition coefficient (Wildman–Crippen LogP) is 2.09. The average molecular weight is 485 g/mol. The van der Waals surface area contributed by atoms with Gasteiger partial charge in [-0.15, -0.1) is 0 Å². The molecule has 2 atom stereocenters. The molecule has 3 N–H and O–H groups in total. The molecule has 2 saturated heterocycles. The summed E-state index contributed by atoms with van der Waals surface area (Å²) in [4.78, 5) is 28.9. The first kappa shape index (κ1) is 23.4. The number of hydrogen-bond acceptors (Lipinski definition) is 6. The summed E-state index contributed by atoms with van der Waals surface area (Å²) in [6.07, 6.45) is -1.14. The van der Waals surface area contributed by atoms with Crippen LogP contribution in [0.15, 0.2) is 42.5 Å². The number of anilines is 1. The van der Waals surface area contributed by atoms with Crippen LogP contribution in [0.1, 0.15) is 22.0 Å². The molecule has 0 spiro atoms. The molecule has 3 aliphatic heterocycles. The normalized spacial score (nSPS) is 22.5. The number of piperazine rings is 1. The van der Waals surface area contributed by atoms with E-state index >= 15 is 0 Å². The van der Waals surface area contributed by atoms with Gasteiger partial charge in [-0.1, -0.05) is 0 Å². The lowest BCUT2D eigenvalue weighted by atomic mass is 9.89. The first-order valence-electron chi connectivity index (χ1n) is 11.8. The molecule has 5 rings (SSSR count). The fourth-order valence-electron chi connectivity index (χ4n) is 4.85. The zero-order chi connectivity index (χ0) is 24.4. The Bertz CT molecular complexity index is 1070. The van der Waals surface area contributed by atoms with Crippen LogP contribution in [0.4, 0.5) is 14.9 Å². The molecule has 3 heterocycles. The van der Waals surface area contributed by atoms with Crippen molar-refractivity contribution in [3.63, 3.8) is 0 Å². The van der Waals surface area contributed by atoms with Crippen LogP contribution in [-0.4, -0.2) is 80.6 Å². The number of ether oxygens (including phenoxy) is 2. The van der Waals surface area contributed by atoms with Crippen molar-refractivity contribution < 1.29 is 28.6 Å². The largest absolute Gasteiger partial charge is 0.493 e. The number of nitrogens with zero attached hydrogens (tertiary/aromatic N) is 2. The molecule has 0 bridgehead atoms. The van der Waals surface area contributed by atoms with Crippen molar-refractivity contribution in [3.05, 3.63) is 59.4 Å². The Morgan fingerprint density at radius 1 is 1.03 bits per heavy atom. The molecule has 186 valence electrons. The smallest absolute Gasteiger partial charge is 0.404 e.